The summed E-state index contributed by atoms with van der Waals surface area (Å²) in [5.74, 6) is 0. The van der Waals surface area contributed by atoms with E-state index in [1.165, 1.54) is 0 Å². The van der Waals surface area contributed by atoms with Crippen molar-refractivity contribution in [2.75, 3.05) is 13.2 Å². The Morgan fingerprint density at radius 3 is 2.44 bits per heavy atom. The van der Waals surface area contributed by atoms with Gasteiger partial charge >= 0.3 is 0 Å². The molecule has 0 bridgehead atoms. The van der Waals surface area contributed by atoms with Crippen LogP contribution in [-0.2, 0) is 9.47 Å². The van der Waals surface area contributed by atoms with Gasteiger partial charge in [0.25, 0.3) is 0 Å². The minimum atomic E-state index is -0.338. The Labute approximate surface area is 61.9 Å². The van der Waals surface area contributed by atoms with Crippen LogP contribution < -0.4 is 0 Å². The Kier molecular flexibility index (Phi) is 6.58. The van der Waals surface area contributed by atoms with Gasteiger partial charge in [-0.15, -0.1) is 12.6 Å². The van der Waals surface area contributed by atoms with Gasteiger partial charge in [-0.1, -0.05) is 6.92 Å². The maximum Gasteiger partial charge on any atom is 0.203 e. The highest BCUT2D eigenvalue weighted by molar-refractivity contribution is 7.80. The number of hydrogen-bond donors (Lipinski definition) is 1. The van der Waals surface area contributed by atoms with Crippen molar-refractivity contribution < 1.29 is 9.47 Å². The topological polar surface area (TPSA) is 18.5 Å². The molecule has 0 aliphatic rings. The Hall–Kier alpha value is 0.270. The summed E-state index contributed by atoms with van der Waals surface area (Å²) in [4.78, 5) is 0. The van der Waals surface area contributed by atoms with Crippen molar-refractivity contribution in [2.45, 2.75) is 25.9 Å². The molecule has 0 saturated heterocycles. The molecule has 0 aromatic heterocycles. The molecule has 56 valence electrons. The minimum Gasteiger partial charge on any atom is -0.344 e. The normalized spacial score (nSPS) is 13.7. The lowest BCUT2D eigenvalue weighted by atomic mass is 10.5. The van der Waals surface area contributed by atoms with E-state index in [4.69, 9.17) is 9.47 Å². The largest absolute Gasteiger partial charge is 0.344 e. The van der Waals surface area contributed by atoms with Crippen molar-refractivity contribution in [3.63, 3.8) is 0 Å². The van der Waals surface area contributed by atoms with Crippen molar-refractivity contribution in [1.29, 1.82) is 0 Å². The molecule has 1 atom stereocenters. The second kappa shape index (κ2) is 6.39. The molecule has 2 nitrogen and oxygen atoms in total. The Morgan fingerprint density at radius 2 is 2.00 bits per heavy atom. The highest BCUT2D eigenvalue weighted by atomic mass is 32.1. The van der Waals surface area contributed by atoms with E-state index in [0.29, 0.717) is 13.2 Å². The van der Waals surface area contributed by atoms with Crippen LogP contribution in [0.3, 0.4) is 0 Å². The van der Waals surface area contributed by atoms with Crippen LogP contribution in [0.25, 0.3) is 0 Å². The summed E-state index contributed by atoms with van der Waals surface area (Å²) < 4.78 is 10.1. The van der Waals surface area contributed by atoms with Crippen molar-refractivity contribution >= 4 is 12.6 Å². The second-order valence-electron chi connectivity index (χ2n) is 1.63. The Balaban J connectivity index is 2.95. The third-order valence-electron chi connectivity index (χ3n) is 0.774. The van der Waals surface area contributed by atoms with E-state index < -0.39 is 0 Å². The molecule has 0 aliphatic carbocycles. The van der Waals surface area contributed by atoms with Gasteiger partial charge in [-0.2, -0.15) is 0 Å². The summed E-state index contributed by atoms with van der Waals surface area (Å²) in [5, 5.41) is 0. The van der Waals surface area contributed by atoms with Gasteiger partial charge in [-0.05, 0) is 13.3 Å². The first-order chi connectivity index (χ1) is 4.31. The fourth-order valence-corrected chi connectivity index (χ4v) is 0.664. The van der Waals surface area contributed by atoms with E-state index in [0.717, 1.165) is 6.42 Å². The van der Waals surface area contributed by atoms with E-state index in [-0.39, 0.29) is 5.62 Å². The van der Waals surface area contributed by atoms with Crippen molar-refractivity contribution in [2.24, 2.45) is 0 Å². The molecule has 0 aromatic rings. The average Bonchev–Trinajstić information content (AvgIpc) is 1.85. The first kappa shape index (κ1) is 9.27. The smallest absolute Gasteiger partial charge is 0.203 e. The summed E-state index contributed by atoms with van der Waals surface area (Å²) >= 11 is 4.00. The molecule has 0 aliphatic heterocycles. The van der Waals surface area contributed by atoms with E-state index >= 15 is 0 Å². The zero-order valence-corrected chi connectivity index (χ0v) is 6.86. The first-order valence-corrected chi connectivity index (χ1v) is 3.74. The average molecular weight is 150 g/mol. The minimum absolute atomic E-state index is 0.338. The van der Waals surface area contributed by atoms with Gasteiger partial charge in [0.1, 0.15) is 0 Å². The van der Waals surface area contributed by atoms with Gasteiger partial charge in [0, 0.05) is 6.61 Å². The fraction of sp³-hybridized carbons (Fsp3) is 1.00. The number of rotatable bonds is 5. The second-order valence-corrected chi connectivity index (χ2v) is 2.05. The van der Waals surface area contributed by atoms with Gasteiger partial charge in [-0.25, -0.2) is 0 Å². The van der Waals surface area contributed by atoms with Gasteiger partial charge in [0.15, 0.2) is 0 Å². The summed E-state index contributed by atoms with van der Waals surface area (Å²) in [6, 6.07) is 0. The maximum atomic E-state index is 5.07. The predicted molar refractivity (Wildman–Crippen MR) is 40.6 cm³/mol. The van der Waals surface area contributed by atoms with Gasteiger partial charge in [0.05, 0.1) is 6.61 Å². The third kappa shape index (κ3) is 6.15. The molecular formula is C6H14O2S. The summed E-state index contributed by atoms with van der Waals surface area (Å²) in [7, 11) is 0. The molecule has 0 N–H and O–H groups in total. The zero-order valence-electron chi connectivity index (χ0n) is 5.96. The van der Waals surface area contributed by atoms with E-state index in [2.05, 4.69) is 12.6 Å². The quantitative estimate of drug-likeness (QED) is 0.474. The van der Waals surface area contributed by atoms with Crippen LogP contribution in [0.4, 0.5) is 0 Å². The van der Waals surface area contributed by atoms with E-state index in [9.17, 15) is 0 Å². The lowest BCUT2D eigenvalue weighted by Crippen LogP contribution is -2.10. The van der Waals surface area contributed by atoms with Crippen molar-refractivity contribution in [1.82, 2.24) is 0 Å². The van der Waals surface area contributed by atoms with Crippen LogP contribution in [0.15, 0.2) is 0 Å². The van der Waals surface area contributed by atoms with Gasteiger partial charge in [-0.3, -0.25) is 0 Å². The van der Waals surface area contributed by atoms with Crippen molar-refractivity contribution in [3.8, 4) is 0 Å². The third-order valence-corrected chi connectivity index (χ3v) is 1.07. The van der Waals surface area contributed by atoms with E-state index in [1.807, 2.05) is 13.8 Å². The Morgan fingerprint density at radius 1 is 1.33 bits per heavy atom. The molecule has 0 fully saturated rings. The summed E-state index contributed by atoms with van der Waals surface area (Å²) in [6.45, 7) is 5.33. The first-order valence-electron chi connectivity index (χ1n) is 3.22. The summed E-state index contributed by atoms with van der Waals surface area (Å²) in [5.41, 5.74) is -0.338. The molecule has 0 spiro atoms. The van der Waals surface area contributed by atoms with Crippen LogP contribution in [-0.4, -0.2) is 18.8 Å². The molecule has 0 rings (SSSR count). The molecule has 0 saturated carbocycles. The Bertz CT molecular complexity index is 59.0. The SMILES string of the molecule is CCCOC(S)OCC. The molecule has 3 heteroatoms. The molecule has 1 unspecified atom stereocenters. The van der Waals surface area contributed by atoms with Crippen LogP contribution in [0.5, 0.6) is 0 Å². The molecule has 9 heavy (non-hydrogen) atoms. The van der Waals surface area contributed by atoms with Gasteiger partial charge < -0.3 is 9.47 Å². The number of hydrogen-bond acceptors (Lipinski definition) is 3. The number of ether oxygens (including phenoxy) is 2. The van der Waals surface area contributed by atoms with Crippen LogP contribution in [0, 0.1) is 0 Å². The molecular weight excluding hydrogens is 136 g/mol. The maximum absolute atomic E-state index is 5.07. The summed E-state index contributed by atoms with van der Waals surface area (Å²) in [6.07, 6.45) is 1.00. The highest BCUT2D eigenvalue weighted by Crippen LogP contribution is 1.99. The predicted octanol–water partition coefficient (Wildman–Crippen LogP) is 1.66. The number of thiol groups is 1. The highest BCUT2D eigenvalue weighted by Gasteiger charge is 1.97. The zero-order chi connectivity index (χ0) is 7.11. The molecule has 0 radical (unpaired) electrons. The van der Waals surface area contributed by atoms with E-state index in [1.54, 1.807) is 0 Å². The molecule has 0 heterocycles. The lowest BCUT2D eigenvalue weighted by Gasteiger charge is -2.09. The molecule has 0 amide bonds. The fourth-order valence-electron chi connectivity index (χ4n) is 0.409. The lowest BCUT2D eigenvalue weighted by molar-refractivity contribution is -0.0763. The standard InChI is InChI=1S/C6H14O2S/c1-3-5-8-6(9)7-4-2/h6,9H,3-5H2,1-2H3. The van der Waals surface area contributed by atoms with Crippen molar-refractivity contribution in [3.05, 3.63) is 0 Å². The monoisotopic (exact) mass is 150 g/mol. The van der Waals surface area contributed by atoms with Gasteiger partial charge in [0.2, 0.25) is 5.62 Å². The van der Waals surface area contributed by atoms with Crippen LogP contribution in [0.1, 0.15) is 20.3 Å². The van der Waals surface area contributed by atoms with Crippen LogP contribution in [0.2, 0.25) is 0 Å². The molecule has 0 aromatic carbocycles. The van der Waals surface area contributed by atoms with Crippen LogP contribution >= 0.6 is 12.6 Å².